The molecule has 11 nitrogen and oxygen atoms in total. The highest BCUT2D eigenvalue weighted by atomic mass is 16.4. The summed E-state index contributed by atoms with van der Waals surface area (Å²) in [5, 5.41) is 18.5. The van der Waals surface area contributed by atoms with Crippen LogP contribution in [0.15, 0.2) is 60.8 Å². The van der Waals surface area contributed by atoms with E-state index in [2.05, 4.69) is 20.9 Å². The summed E-state index contributed by atoms with van der Waals surface area (Å²) in [4.78, 5) is 53.9. The van der Waals surface area contributed by atoms with Crippen molar-refractivity contribution < 1.29 is 24.3 Å². The fourth-order valence-electron chi connectivity index (χ4n) is 4.40. The molecule has 0 bridgehead atoms. The van der Waals surface area contributed by atoms with Crippen LogP contribution in [-0.2, 0) is 32.0 Å². The molecule has 11 heteroatoms. The van der Waals surface area contributed by atoms with Crippen LogP contribution >= 0.6 is 0 Å². The second-order valence-corrected chi connectivity index (χ2v) is 9.84. The van der Waals surface area contributed by atoms with Crippen molar-refractivity contribution in [1.82, 2.24) is 20.9 Å². The number of hydrogen-bond donors (Lipinski definition) is 7. The van der Waals surface area contributed by atoms with Gasteiger partial charge in [-0.1, -0.05) is 48.5 Å². The summed E-state index contributed by atoms with van der Waals surface area (Å²) in [6.07, 6.45) is 3.50. The van der Waals surface area contributed by atoms with E-state index in [0.29, 0.717) is 25.8 Å². The van der Waals surface area contributed by atoms with Crippen molar-refractivity contribution in [2.45, 2.75) is 63.2 Å². The number of carbonyl (C=O) groups excluding carboxylic acids is 3. The number of aromatic nitrogens is 1. The first-order valence-electron chi connectivity index (χ1n) is 13.4. The van der Waals surface area contributed by atoms with Gasteiger partial charge in [-0.25, -0.2) is 4.79 Å². The Bertz CT molecular complexity index is 1290. The van der Waals surface area contributed by atoms with Gasteiger partial charge in [0.1, 0.15) is 18.1 Å². The van der Waals surface area contributed by atoms with Gasteiger partial charge in [0.2, 0.25) is 17.7 Å². The van der Waals surface area contributed by atoms with Crippen molar-refractivity contribution in [3.63, 3.8) is 0 Å². The number of carbonyl (C=O) groups is 4. The van der Waals surface area contributed by atoms with Crippen LogP contribution < -0.4 is 27.4 Å². The molecule has 3 rings (SSSR count). The molecule has 0 saturated carbocycles. The van der Waals surface area contributed by atoms with Gasteiger partial charge in [0.05, 0.1) is 6.04 Å². The van der Waals surface area contributed by atoms with Gasteiger partial charge in [0.25, 0.3) is 0 Å². The zero-order chi connectivity index (χ0) is 29.1. The highest BCUT2D eigenvalue weighted by Gasteiger charge is 2.29. The lowest BCUT2D eigenvalue weighted by molar-refractivity contribution is -0.142. The molecule has 3 amide bonds. The Morgan fingerprint density at radius 3 is 2.23 bits per heavy atom. The zero-order valence-corrected chi connectivity index (χ0v) is 22.6. The first kappa shape index (κ1) is 30.3. The largest absolute Gasteiger partial charge is 0.480 e. The minimum absolute atomic E-state index is 0.0559. The number of hydrogen-bond acceptors (Lipinski definition) is 6. The molecule has 0 fully saturated rings. The van der Waals surface area contributed by atoms with Gasteiger partial charge in [-0.2, -0.15) is 0 Å². The summed E-state index contributed by atoms with van der Waals surface area (Å²) in [6.45, 7) is 1.90. The Kier molecular flexibility index (Phi) is 11.2. The number of aromatic amines is 1. The van der Waals surface area contributed by atoms with Crippen LogP contribution in [0.5, 0.6) is 0 Å². The van der Waals surface area contributed by atoms with Crippen molar-refractivity contribution in [2.24, 2.45) is 11.5 Å². The second kappa shape index (κ2) is 14.8. The standard InChI is InChI=1S/C29H38N6O5/c1-18(33-27(37)22(31)15-19-9-3-2-4-10-19)26(36)34-24(13-7-8-14-30)28(38)35-25(29(39)40)16-20-17-32-23-12-6-5-11-21(20)23/h2-6,9-12,17-18,22,24-25,32H,7-8,13-16,30-31H2,1H3,(H,33,37)(H,34,36)(H,35,38)(H,39,40). The molecular weight excluding hydrogens is 512 g/mol. The Hall–Kier alpha value is -4.22. The molecular formula is C29H38N6O5. The SMILES string of the molecule is CC(NC(=O)C(N)Cc1ccccc1)C(=O)NC(CCCCN)C(=O)NC(Cc1c[nH]c2ccccc12)C(=O)O. The Balaban J connectivity index is 1.63. The third-order valence-electron chi connectivity index (χ3n) is 6.68. The number of nitrogens with one attached hydrogen (secondary N) is 4. The lowest BCUT2D eigenvalue weighted by Gasteiger charge is -2.24. The smallest absolute Gasteiger partial charge is 0.326 e. The number of benzene rings is 2. The molecule has 0 aliphatic rings. The molecule has 0 saturated heterocycles. The Morgan fingerprint density at radius 2 is 1.52 bits per heavy atom. The van der Waals surface area contributed by atoms with E-state index < -0.39 is 47.9 Å². The quantitative estimate of drug-likeness (QED) is 0.137. The topological polar surface area (TPSA) is 192 Å². The average molecular weight is 551 g/mol. The maximum Gasteiger partial charge on any atom is 0.326 e. The van der Waals surface area contributed by atoms with Crippen molar-refractivity contribution in [2.75, 3.05) is 6.54 Å². The predicted molar refractivity (Wildman–Crippen MR) is 152 cm³/mol. The van der Waals surface area contributed by atoms with Crippen LogP contribution in [0, 0.1) is 0 Å². The number of unbranched alkanes of at least 4 members (excludes halogenated alkanes) is 1. The van der Waals surface area contributed by atoms with Crippen LogP contribution in [0.4, 0.5) is 0 Å². The minimum Gasteiger partial charge on any atom is -0.480 e. The van der Waals surface area contributed by atoms with Crippen LogP contribution in [0.3, 0.4) is 0 Å². The van der Waals surface area contributed by atoms with Gasteiger partial charge in [0, 0.05) is 23.5 Å². The molecule has 1 heterocycles. The van der Waals surface area contributed by atoms with E-state index in [9.17, 15) is 24.3 Å². The van der Waals surface area contributed by atoms with E-state index in [-0.39, 0.29) is 12.8 Å². The van der Waals surface area contributed by atoms with E-state index in [1.54, 1.807) is 6.20 Å². The number of H-pyrrole nitrogens is 1. The molecule has 214 valence electrons. The summed E-state index contributed by atoms with van der Waals surface area (Å²) in [5.41, 5.74) is 14.1. The van der Waals surface area contributed by atoms with Gasteiger partial charge < -0.3 is 37.5 Å². The van der Waals surface area contributed by atoms with Gasteiger partial charge in [-0.15, -0.1) is 0 Å². The van der Waals surface area contributed by atoms with Crippen molar-refractivity contribution in [3.05, 3.63) is 71.9 Å². The number of carboxylic acid groups (broad SMARTS) is 1. The lowest BCUT2D eigenvalue weighted by atomic mass is 10.0. The molecule has 0 aliphatic heterocycles. The summed E-state index contributed by atoms with van der Waals surface area (Å²) >= 11 is 0. The molecule has 2 aromatic carbocycles. The predicted octanol–water partition coefficient (Wildman–Crippen LogP) is 0.968. The first-order valence-corrected chi connectivity index (χ1v) is 13.4. The van der Waals surface area contributed by atoms with E-state index >= 15 is 0 Å². The molecule has 0 radical (unpaired) electrons. The monoisotopic (exact) mass is 550 g/mol. The summed E-state index contributed by atoms with van der Waals surface area (Å²) < 4.78 is 0. The number of para-hydroxylation sites is 1. The third kappa shape index (κ3) is 8.65. The molecule has 40 heavy (non-hydrogen) atoms. The first-order chi connectivity index (χ1) is 19.2. The van der Waals surface area contributed by atoms with Crippen LogP contribution in [-0.4, -0.2) is 64.5 Å². The highest BCUT2D eigenvalue weighted by Crippen LogP contribution is 2.19. The van der Waals surface area contributed by atoms with Crippen LogP contribution in [0.1, 0.15) is 37.3 Å². The maximum absolute atomic E-state index is 13.2. The van der Waals surface area contributed by atoms with E-state index in [0.717, 1.165) is 22.0 Å². The molecule has 4 unspecified atom stereocenters. The fraction of sp³-hybridized carbons (Fsp3) is 0.379. The highest BCUT2D eigenvalue weighted by molar-refractivity contribution is 5.94. The van der Waals surface area contributed by atoms with E-state index in [1.165, 1.54) is 6.92 Å². The summed E-state index contributed by atoms with van der Waals surface area (Å²) in [5.74, 6) is -2.91. The van der Waals surface area contributed by atoms with Crippen LogP contribution in [0.25, 0.3) is 10.9 Å². The van der Waals surface area contributed by atoms with Crippen molar-refractivity contribution >= 4 is 34.6 Å². The average Bonchev–Trinajstić information content (AvgIpc) is 3.35. The molecule has 0 aliphatic carbocycles. The summed E-state index contributed by atoms with van der Waals surface area (Å²) in [6, 6.07) is 12.7. The third-order valence-corrected chi connectivity index (χ3v) is 6.68. The van der Waals surface area contributed by atoms with Crippen molar-refractivity contribution in [3.8, 4) is 0 Å². The van der Waals surface area contributed by atoms with Gasteiger partial charge >= 0.3 is 5.97 Å². The fourth-order valence-corrected chi connectivity index (χ4v) is 4.40. The number of amides is 3. The summed E-state index contributed by atoms with van der Waals surface area (Å²) in [7, 11) is 0. The van der Waals surface area contributed by atoms with Gasteiger partial charge in [0.15, 0.2) is 0 Å². The maximum atomic E-state index is 13.2. The number of aliphatic carboxylic acids is 1. The van der Waals surface area contributed by atoms with Gasteiger partial charge in [-0.05, 0) is 56.3 Å². The van der Waals surface area contributed by atoms with E-state index in [4.69, 9.17) is 11.5 Å². The Morgan fingerprint density at radius 1 is 0.850 bits per heavy atom. The van der Waals surface area contributed by atoms with Gasteiger partial charge in [-0.3, -0.25) is 14.4 Å². The molecule has 3 aromatic rings. The zero-order valence-electron chi connectivity index (χ0n) is 22.6. The Labute approximate surface area is 233 Å². The normalized spacial score (nSPS) is 14.1. The van der Waals surface area contributed by atoms with Crippen molar-refractivity contribution in [1.29, 1.82) is 0 Å². The minimum atomic E-state index is -1.21. The number of fused-ring (bicyclic) bond motifs is 1. The molecule has 4 atom stereocenters. The van der Waals surface area contributed by atoms with Crippen LogP contribution in [0.2, 0.25) is 0 Å². The lowest BCUT2D eigenvalue weighted by Crippen LogP contribution is -2.56. The second-order valence-electron chi connectivity index (χ2n) is 9.84. The molecule has 0 spiro atoms. The number of nitrogens with two attached hydrogens (primary N) is 2. The number of carboxylic acids is 1. The molecule has 9 N–H and O–H groups in total. The molecule has 1 aromatic heterocycles. The number of rotatable bonds is 15. The van der Waals surface area contributed by atoms with E-state index in [1.807, 2.05) is 54.6 Å².